The van der Waals surface area contributed by atoms with Gasteiger partial charge in [0.15, 0.2) is 0 Å². The minimum Gasteiger partial charge on any atom is -0.340 e. The van der Waals surface area contributed by atoms with E-state index in [-0.39, 0.29) is 0 Å². The summed E-state index contributed by atoms with van der Waals surface area (Å²) in [6.45, 7) is 0. The van der Waals surface area contributed by atoms with Gasteiger partial charge in [0.2, 0.25) is 0 Å². The third-order valence-electron chi connectivity index (χ3n) is 4.42. The number of nitrogens with zero attached hydrogens (tertiary/aromatic N) is 3. The van der Waals surface area contributed by atoms with Crippen molar-refractivity contribution >= 4 is 33.2 Å². The summed E-state index contributed by atoms with van der Waals surface area (Å²) in [6, 6.07) is 20.4. The first-order chi connectivity index (χ1) is 12.9. The highest BCUT2D eigenvalue weighted by Crippen LogP contribution is 2.30. The first kappa shape index (κ1) is 14.6. The normalized spacial score (nSPS) is 11.1. The average Bonchev–Trinajstić information content (AvgIpc) is 3.16. The van der Waals surface area contributed by atoms with Gasteiger partial charge in [-0.1, -0.05) is 24.3 Å². The molecule has 0 radical (unpaired) electrons. The standard InChI is InChI=1S/C21H15N5/c1-2-4-18-15(3-1)11-19(14-7-9-22-10-8-14)25-21(18)24-17-6-5-16-13-23-26-20(16)12-17/h1-13H,(H,23,26)(H,24,25). The number of anilines is 2. The van der Waals surface area contributed by atoms with Crippen LogP contribution in [0.5, 0.6) is 0 Å². The van der Waals surface area contributed by atoms with E-state index in [9.17, 15) is 0 Å². The van der Waals surface area contributed by atoms with Crippen molar-refractivity contribution in [3.63, 3.8) is 0 Å². The fourth-order valence-electron chi connectivity index (χ4n) is 3.12. The van der Waals surface area contributed by atoms with Crippen LogP contribution in [-0.4, -0.2) is 20.2 Å². The summed E-state index contributed by atoms with van der Waals surface area (Å²) in [7, 11) is 0. The smallest absolute Gasteiger partial charge is 0.138 e. The predicted octanol–water partition coefficient (Wildman–Crippen LogP) is 4.92. The number of rotatable bonds is 3. The quantitative estimate of drug-likeness (QED) is 0.490. The molecule has 0 aliphatic rings. The molecule has 3 heterocycles. The summed E-state index contributed by atoms with van der Waals surface area (Å²) in [5, 5.41) is 13.8. The molecule has 2 N–H and O–H groups in total. The molecule has 0 saturated heterocycles. The molecule has 5 nitrogen and oxygen atoms in total. The van der Waals surface area contributed by atoms with Gasteiger partial charge in [0, 0.05) is 34.4 Å². The average molecular weight is 337 g/mol. The molecule has 0 unspecified atom stereocenters. The lowest BCUT2D eigenvalue weighted by atomic mass is 10.1. The fraction of sp³-hybridized carbons (Fsp3) is 0. The molecule has 0 spiro atoms. The molecule has 0 aliphatic carbocycles. The maximum absolute atomic E-state index is 4.87. The van der Waals surface area contributed by atoms with Gasteiger partial charge in [0.25, 0.3) is 0 Å². The molecular weight excluding hydrogens is 322 g/mol. The Kier molecular flexibility index (Phi) is 3.35. The van der Waals surface area contributed by atoms with E-state index in [2.05, 4.69) is 38.7 Å². The lowest BCUT2D eigenvalue weighted by Gasteiger charge is -2.12. The Morgan fingerprint density at radius 3 is 2.65 bits per heavy atom. The van der Waals surface area contributed by atoms with Crippen molar-refractivity contribution in [3.8, 4) is 11.3 Å². The molecule has 0 amide bonds. The Labute approximate surface area is 149 Å². The zero-order chi connectivity index (χ0) is 17.3. The zero-order valence-electron chi connectivity index (χ0n) is 13.8. The SMILES string of the molecule is c1ccc2c(Nc3ccc4cn[nH]c4c3)nc(-c3ccncc3)cc2c1. The van der Waals surface area contributed by atoms with E-state index < -0.39 is 0 Å². The van der Waals surface area contributed by atoms with Crippen molar-refractivity contribution in [1.29, 1.82) is 0 Å². The Morgan fingerprint density at radius 2 is 1.73 bits per heavy atom. The molecule has 2 aromatic carbocycles. The van der Waals surface area contributed by atoms with E-state index >= 15 is 0 Å². The lowest BCUT2D eigenvalue weighted by molar-refractivity contribution is 1.12. The maximum Gasteiger partial charge on any atom is 0.138 e. The van der Waals surface area contributed by atoms with Crippen molar-refractivity contribution in [2.75, 3.05) is 5.32 Å². The second kappa shape index (κ2) is 5.97. The Morgan fingerprint density at radius 1 is 0.846 bits per heavy atom. The predicted molar refractivity (Wildman–Crippen MR) is 104 cm³/mol. The number of nitrogens with one attached hydrogen (secondary N) is 2. The number of aromatic nitrogens is 4. The molecule has 5 aromatic rings. The van der Waals surface area contributed by atoms with Crippen LogP contribution in [0.15, 0.2) is 79.3 Å². The molecule has 0 fully saturated rings. The zero-order valence-corrected chi connectivity index (χ0v) is 13.8. The van der Waals surface area contributed by atoms with Gasteiger partial charge in [0.1, 0.15) is 5.82 Å². The monoisotopic (exact) mass is 337 g/mol. The molecule has 0 atom stereocenters. The molecule has 124 valence electrons. The van der Waals surface area contributed by atoms with Gasteiger partial charge < -0.3 is 5.32 Å². The van der Waals surface area contributed by atoms with Crippen molar-refractivity contribution in [2.45, 2.75) is 0 Å². The van der Waals surface area contributed by atoms with Gasteiger partial charge in [-0.25, -0.2) is 4.98 Å². The Bertz CT molecular complexity index is 1210. The van der Waals surface area contributed by atoms with Crippen LogP contribution in [0.3, 0.4) is 0 Å². The van der Waals surface area contributed by atoms with E-state index in [1.165, 1.54) is 0 Å². The van der Waals surface area contributed by atoms with E-state index in [0.29, 0.717) is 0 Å². The molecule has 5 heteroatoms. The minimum atomic E-state index is 0.828. The molecule has 0 bridgehead atoms. The van der Waals surface area contributed by atoms with Crippen LogP contribution in [-0.2, 0) is 0 Å². The van der Waals surface area contributed by atoms with E-state index in [4.69, 9.17) is 4.98 Å². The first-order valence-electron chi connectivity index (χ1n) is 8.37. The topological polar surface area (TPSA) is 66.5 Å². The van der Waals surface area contributed by atoms with Crippen LogP contribution in [0, 0.1) is 0 Å². The van der Waals surface area contributed by atoms with Gasteiger partial charge in [-0.3, -0.25) is 10.1 Å². The van der Waals surface area contributed by atoms with Crippen molar-refractivity contribution in [1.82, 2.24) is 20.2 Å². The number of pyridine rings is 2. The summed E-state index contributed by atoms with van der Waals surface area (Å²) in [5.41, 5.74) is 3.91. The molecule has 3 aromatic heterocycles. The number of fused-ring (bicyclic) bond motifs is 2. The highest BCUT2D eigenvalue weighted by molar-refractivity contribution is 5.96. The third kappa shape index (κ3) is 2.56. The van der Waals surface area contributed by atoms with E-state index in [1.54, 1.807) is 12.4 Å². The number of benzene rings is 2. The summed E-state index contributed by atoms with van der Waals surface area (Å²) in [5.74, 6) is 0.828. The van der Waals surface area contributed by atoms with Crippen molar-refractivity contribution < 1.29 is 0 Å². The number of aromatic amines is 1. The summed E-state index contributed by atoms with van der Waals surface area (Å²) < 4.78 is 0. The molecule has 26 heavy (non-hydrogen) atoms. The van der Waals surface area contributed by atoms with Crippen LogP contribution < -0.4 is 5.32 Å². The Balaban J connectivity index is 1.65. The van der Waals surface area contributed by atoms with E-state index in [1.807, 2.05) is 48.7 Å². The van der Waals surface area contributed by atoms with E-state index in [0.717, 1.165) is 44.4 Å². The second-order valence-electron chi connectivity index (χ2n) is 6.11. The van der Waals surface area contributed by atoms with Crippen molar-refractivity contribution in [3.05, 3.63) is 79.3 Å². The number of H-pyrrole nitrogens is 1. The molecular formula is C21H15N5. The highest BCUT2D eigenvalue weighted by Gasteiger charge is 2.08. The fourth-order valence-corrected chi connectivity index (χ4v) is 3.12. The van der Waals surface area contributed by atoms with Gasteiger partial charge in [0.05, 0.1) is 17.4 Å². The number of hydrogen-bond donors (Lipinski definition) is 2. The summed E-state index contributed by atoms with van der Waals surface area (Å²) in [6.07, 6.45) is 5.38. The van der Waals surface area contributed by atoms with Gasteiger partial charge in [-0.15, -0.1) is 0 Å². The van der Waals surface area contributed by atoms with Crippen LogP contribution >= 0.6 is 0 Å². The van der Waals surface area contributed by atoms with Gasteiger partial charge in [-0.2, -0.15) is 5.10 Å². The molecule has 0 saturated carbocycles. The minimum absolute atomic E-state index is 0.828. The van der Waals surface area contributed by atoms with Gasteiger partial charge in [-0.05, 0) is 41.8 Å². The van der Waals surface area contributed by atoms with Crippen LogP contribution in [0.25, 0.3) is 32.9 Å². The molecule has 5 rings (SSSR count). The Hall–Kier alpha value is -3.73. The largest absolute Gasteiger partial charge is 0.340 e. The molecule has 0 aliphatic heterocycles. The maximum atomic E-state index is 4.87. The first-order valence-corrected chi connectivity index (χ1v) is 8.37. The van der Waals surface area contributed by atoms with Crippen LogP contribution in [0.2, 0.25) is 0 Å². The third-order valence-corrected chi connectivity index (χ3v) is 4.42. The lowest BCUT2D eigenvalue weighted by Crippen LogP contribution is -1.97. The van der Waals surface area contributed by atoms with Crippen LogP contribution in [0.1, 0.15) is 0 Å². The van der Waals surface area contributed by atoms with Gasteiger partial charge >= 0.3 is 0 Å². The van der Waals surface area contributed by atoms with Crippen LogP contribution in [0.4, 0.5) is 11.5 Å². The van der Waals surface area contributed by atoms with Crippen molar-refractivity contribution in [2.24, 2.45) is 0 Å². The summed E-state index contributed by atoms with van der Waals surface area (Å²) in [4.78, 5) is 8.96. The summed E-state index contributed by atoms with van der Waals surface area (Å²) >= 11 is 0. The highest BCUT2D eigenvalue weighted by atomic mass is 15.1. The second-order valence-corrected chi connectivity index (χ2v) is 6.11. The number of hydrogen-bond acceptors (Lipinski definition) is 4.